The van der Waals surface area contributed by atoms with E-state index in [4.69, 9.17) is 10.00 Å². The SMILES string of the molecule is CC1(C)OC[C@@H](S)N[C@](C)(c2cc(NC3CCCc4cc(C#N)cnc43)ccc2F)C1(F)F. The number of ether oxygens (including phenoxy) is 1. The second kappa shape index (κ2) is 8.49. The van der Waals surface area contributed by atoms with Gasteiger partial charge in [-0.2, -0.15) is 17.9 Å². The Bertz CT molecular complexity index is 1100. The van der Waals surface area contributed by atoms with Crippen molar-refractivity contribution in [3.63, 3.8) is 0 Å². The maximum absolute atomic E-state index is 15.7. The maximum atomic E-state index is 15.7. The zero-order chi connectivity index (χ0) is 24.0. The topological polar surface area (TPSA) is 70.0 Å². The number of anilines is 1. The average Bonchev–Trinajstić information content (AvgIpc) is 2.83. The lowest BCUT2D eigenvalue weighted by atomic mass is 9.77. The first-order valence-corrected chi connectivity index (χ1v) is 11.4. The Kier molecular flexibility index (Phi) is 6.14. The molecule has 0 saturated carbocycles. The van der Waals surface area contributed by atoms with Crippen LogP contribution in [0.1, 0.15) is 62.0 Å². The second-order valence-electron chi connectivity index (χ2n) is 9.34. The molecule has 2 N–H and O–H groups in total. The van der Waals surface area contributed by atoms with Gasteiger partial charge < -0.3 is 10.1 Å². The number of aromatic nitrogens is 1. The van der Waals surface area contributed by atoms with Crippen LogP contribution in [0, 0.1) is 17.1 Å². The van der Waals surface area contributed by atoms with Crippen molar-refractivity contribution in [1.82, 2.24) is 10.3 Å². The van der Waals surface area contributed by atoms with E-state index < -0.39 is 28.3 Å². The van der Waals surface area contributed by atoms with Gasteiger partial charge in [0, 0.05) is 17.4 Å². The number of rotatable bonds is 3. The van der Waals surface area contributed by atoms with Crippen molar-refractivity contribution in [3.8, 4) is 6.07 Å². The number of nitrogens with one attached hydrogen (secondary N) is 2. The minimum absolute atomic E-state index is 0.0456. The number of nitriles is 1. The first kappa shape index (κ1) is 23.9. The van der Waals surface area contributed by atoms with E-state index in [1.54, 1.807) is 0 Å². The number of aryl methyl sites for hydroxylation is 1. The monoisotopic (exact) mass is 476 g/mol. The fraction of sp³-hybridized carbons (Fsp3) is 0.500. The Balaban J connectivity index is 1.72. The molecule has 2 aromatic rings. The molecular formula is C24H27F3N4OS. The molecule has 9 heteroatoms. The molecule has 2 heterocycles. The molecule has 1 fully saturated rings. The quantitative estimate of drug-likeness (QED) is 0.539. The summed E-state index contributed by atoms with van der Waals surface area (Å²) in [6.07, 6.45) is 4.02. The first-order chi connectivity index (χ1) is 15.5. The van der Waals surface area contributed by atoms with Crippen LogP contribution in [0.2, 0.25) is 0 Å². The number of halogens is 3. The number of nitrogens with zero attached hydrogens (tertiary/aromatic N) is 2. The molecular weight excluding hydrogens is 449 g/mol. The molecule has 1 aromatic carbocycles. The zero-order valence-corrected chi connectivity index (χ0v) is 19.6. The lowest BCUT2D eigenvalue weighted by Crippen LogP contribution is -2.62. The van der Waals surface area contributed by atoms with Crippen molar-refractivity contribution in [3.05, 3.63) is 58.7 Å². The minimum atomic E-state index is -3.45. The second-order valence-corrected chi connectivity index (χ2v) is 9.97. The highest BCUT2D eigenvalue weighted by Gasteiger charge is 2.64. The average molecular weight is 477 g/mol. The van der Waals surface area contributed by atoms with Crippen molar-refractivity contribution in [2.24, 2.45) is 0 Å². The van der Waals surface area contributed by atoms with Crippen LogP contribution >= 0.6 is 12.6 Å². The number of hydrogen-bond donors (Lipinski definition) is 3. The molecule has 0 radical (unpaired) electrons. The molecule has 2 aliphatic rings. The molecule has 0 bridgehead atoms. The van der Waals surface area contributed by atoms with Gasteiger partial charge in [-0.15, -0.1) is 0 Å². The molecule has 1 aliphatic heterocycles. The smallest absolute Gasteiger partial charge is 0.297 e. The summed E-state index contributed by atoms with van der Waals surface area (Å²) >= 11 is 4.32. The fourth-order valence-electron chi connectivity index (χ4n) is 4.76. The van der Waals surface area contributed by atoms with Crippen LogP contribution in [0.25, 0.3) is 0 Å². The van der Waals surface area contributed by atoms with Crippen LogP contribution in [0.5, 0.6) is 0 Å². The lowest BCUT2D eigenvalue weighted by molar-refractivity contribution is -0.216. The molecule has 1 saturated heterocycles. The van der Waals surface area contributed by atoms with E-state index >= 15 is 13.2 Å². The Morgan fingerprint density at radius 3 is 2.76 bits per heavy atom. The van der Waals surface area contributed by atoms with Crippen molar-refractivity contribution in [2.75, 3.05) is 11.9 Å². The minimum Gasteiger partial charge on any atom is -0.377 e. The van der Waals surface area contributed by atoms with Gasteiger partial charge in [-0.3, -0.25) is 10.3 Å². The van der Waals surface area contributed by atoms with E-state index in [-0.39, 0.29) is 18.2 Å². The van der Waals surface area contributed by atoms with Crippen LogP contribution in [-0.2, 0) is 16.7 Å². The molecule has 0 spiro atoms. The molecule has 33 heavy (non-hydrogen) atoms. The van der Waals surface area contributed by atoms with E-state index in [0.717, 1.165) is 30.5 Å². The lowest BCUT2D eigenvalue weighted by Gasteiger charge is -2.44. The molecule has 0 amide bonds. The summed E-state index contributed by atoms with van der Waals surface area (Å²) in [5, 5.41) is 14.6. The van der Waals surface area contributed by atoms with Gasteiger partial charge in [0.2, 0.25) is 0 Å². The van der Waals surface area contributed by atoms with Crippen molar-refractivity contribution in [1.29, 1.82) is 5.26 Å². The Labute approximate surface area is 197 Å². The third-order valence-corrected chi connectivity index (χ3v) is 6.97. The van der Waals surface area contributed by atoms with E-state index in [1.165, 1.54) is 45.2 Å². The number of hydrogen-bond acceptors (Lipinski definition) is 6. The van der Waals surface area contributed by atoms with Crippen molar-refractivity contribution < 1.29 is 17.9 Å². The molecule has 1 unspecified atom stereocenters. The molecule has 4 rings (SSSR count). The van der Waals surface area contributed by atoms with Crippen molar-refractivity contribution >= 4 is 18.3 Å². The van der Waals surface area contributed by atoms with Gasteiger partial charge in [-0.1, -0.05) is 0 Å². The van der Waals surface area contributed by atoms with Crippen LogP contribution in [0.15, 0.2) is 30.5 Å². The van der Waals surface area contributed by atoms with Gasteiger partial charge in [0.1, 0.15) is 23.0 Å². The van der Waals surface area contributed by atoms with Crippen LogP contribution in [0.3, 0.4) is 0 Å². The number of thiol groups is 1. The third-order valence-electron chi connectivity index (χ3n) is 6.69. The summed E-state index contributed by atoms with van der Waals surface area (Å²) in [6.45, 7) is 3.85. The highest BCUT2D eigenvalue weighted by Crippen LogP contribution is 2.49. The summed E-state index contributed by atoms with van der Waals surface area (Å²) in [4.78, 5) is 4.46. The predicted octanol–water partition coefficient (Wildman–Crippen LogP) is 5.09. The zero-order valence-electron chi connectivity index (χ0n) is 18.8. The van der Waals surface area contributed by atoms with Crippen LogP contribution < -0.4 is 10.6 Å². The van der Waals surface area contributed by atoms with Gasteiger partial charge in [-0.05, 0) is 69.9 Å². The van der Waals surface area contributed by atoms with Crippen LogP contribution in [0.4, 0.5) is 18.9 Å². The maximum Gasteiger partial charge on any atom is 0.297 e. The standard InChI is InChI=1S/C24H27F3N4OS/c1-22(2)24(26,27)23(3,31-20(33)13-32-22)17-10-16(7-8-18(17)25)30-19-6-4-5-15-9-14(11-28)12-29-21(15)19/h7-10,12,19-20,30-31,33H,4-6,13H2,1-3H3/t19?,20-,23-/m1/s1. The summed E-state index contributed by atoms with van der Waals surface area (Å²) in [7, 11) is 0. The normalized spacial score (nSPS) is 28.3. The Morgan fingerprint density at radius 1 is 1.27 bits per heavy atom. The van der Waals surface area contributed by atoms with Gasteiger partial charge in [0.25, 0.3) is 5.92 Å². The van der Waals surface area contributed by atoms with Gasteiger partial charge in [-0.25, -0.2) is 13.2 Å². The van der Waals surface area contributed by atoms with Gasteiger partial charge in [0.05, 0.1) is 29.3 Å². The van der Waals surface area contributed by atoms with Gasteiger partial charge in [0.15, 0.2) is 0 Å². The van der Waals surface area contributed by atoms with Gasteiger partial charge >= 0.3 is 0 Å². The van der Waals surface area contributed by atoms with E-state index in [0.29, 0.717) is 11.3 Å². The molecule has 1 aliphatic carbocycles. The van der Waals surface area contributed by atoms with Crippen molar-refractivity contribution in [2.45, 2.75) is 68.5 Å². The summed E-state index contributed by atoms with van der Waals surface area (Å²) in [5.41, 5.74) is -1.26. The largest absolute Gasteiger partial charge is 0.377 e. The predicted molar refractivity (Wildman–Crippen MR) is 123 cm³/mol. The fourth-order valence-corrected chi connectivity index (χ4v) is 5.09. The number of alkyl halides is 2. The van der Waals surface area contributed by atoms with E-state index in [2.05, 4.69) is 34.3 Å². The number of benzene rings is 1. The van der Waals surface area contributed by atoms with E-state index in [9.17, 15) is 0 Å². The molecule has 1 aromatic heterocycles. The summed E-state index contributed by atoms with van der Waals surface area (Å²) < 4.78 is 52.0. The van der Waals surface area contributed by atoms with E-state index in [1.807, 2.05) is 6.07 Å². The highest BCUT2D eigenvalue weighted by molar-refractivity contribution is 7.80. The number of fused-ring (bicyclic) bond motifs is 1. The highest BCUT2D eigenvalue weighted by atomic mass is 32.1. The molecule has 5 nitrogen and oxygen atoms in total. The molecule has 176 valence electrons. The molecule has 3 atom stereocenters. The third kappa shape index (κ3) is 4.09. The Morgan fingerprint density at radius 2 is 2.03 bits per heavy atom. The summed E-state index contributed by atoms with van der Waals surface area (Å²) in [6, 6.07) is 7.92. The van der Waals surface area contributed by atoms with Crippen LogP contribution in [-0.4, -0.2) is 28.5 Å². The summed E-state index contributed by atoms with van der Waals surface area (Å²) in [5.74, 6) is -4.20. The number of pyridine rings is 1. The Hall–Kier alpha value is -2.28. The first-order valence-electron chi connectivity index (χ1n) is 10.9.